The van der Waals surface area contributed by atoms with Crippen LogP contribution in [0.5, 0.6) is 0 Å². The molecule has 0 saturated carbocycles. The molecule has 0 N–H and O–H groups in total. The second kappa shape index (κ2) is 5.70. The quantitative estimate of drug-likeness (QED) is 0.281. The summed E-state index contributed by atoms with van der Waals surface area (Å²) in [6, 6.07) is 26.1. The van der Waals surface area contributed by atoms with Gasteiger partial charge >= 0.3 is 0 Å². The third-order valence-corrected chi connectivity index (χ3v) is 7.11. The Morgan fingerprint density at radius 3 is 2.46 bits per heavy atom. The van der Waals surface area contributed by atoms with E-state index in [2.05, 4.69) is 86.6 Å². The number of para-hydroxylation sites is 1. The van der Waals surface area contributed by atoms with Crippen LogP contribution in [0.4, 0.5) is 0 Å². The Labute approximate surface area is 166 Å². The van der Waals surface area contributed by atoms with Gasteiger partial charge in [-0.15, -0.1) is 11.3 Å². The standard InChI is InChI=1S/C26H18OS/c1-15-6-5-8-21-19-11-10-17(14-23(19)27-25(15)21)18-12-13-22-20-7-3-4-9-24(20)28-26(22)16(18)2/h3-14H,1-2H3. The normalized spacial score (nSPS) is 11.9. The minimum atomic E-state index is 0.956. The van der Waals surface area contributed by atoms with E-state index >= 15 is 0 Å². The van der Waals surface area contributed by atoms with Crippen LogP contribution in [-0.4, -0.2) is 0 Å². The molecule has 0 aliphatic carbocycles. The lowest BCUT2D eigenvalue weighted by Crippen LogP contribution is -1.83. The van der Waals surface area contributed by atoms with Crippen LogP contribution in [0.25, 0.3) is 53.2 Å². The van der Waals surface area contributed by atoms with Crippen molar-refractivity contribution in [3.8, 4) is 11.1 Å². The predicted octanol–water partition coefficient (Wildman–Crippen LogP) is 8.24. The van der Waals surface area contributed by atoms with Gasteiger partial charge in [0, 0.05) is 30.9 Å². The summed E-state index contributed by atoms with van der Waals surface area (Å²) in [4.78, 5) is 0. The van der Waals surface area contributed by atoms with E-state index < -0.39 is 0 Å². The predicted molar refractivity (Wildman–Crippen MR) is 122 cm³/mol. The third kappa shape index (κ3) is 2.12. The highest BCUT2D eigenvalue weighted by Crippen LogP contribution is 2.40. The maximum absolute atomic E-state index is 6.22. The van der Waals surface area contributed by atoms with Crippen LogP contribution in [0, 0.1) is 13.8 Å². The van der Waals surface area contributed by atoms with Gasteiger partial charge in [-0.05, 0) is 54.3 Å². The molecule has 0 atom stereocenters. The largest absolute Gasteiger partial charge is 0.456 e. The Morgan fingerprint density at radius 1 is 0.714 bits per heavy atom. The highest BCUT2D eigenvalue weighted by atomic mass is 32.1. The number of rotatable bonds is 1. The fourth-order valence-electron chi connectivity index (χ4n) is 4.34. The Morgan fingerprint density at radius 2 is 1.54 bits per heavy atom. The highest BCUT2D eigenvalue weighted by Gasteiger charge is 2.13. The summed E-state index contributed by atoms with van der Waals surface area (Å²) in [6.45, 7) is 4.34. The van der Waals surface area contributed by atoms with E-state index in [0.717, 1.165) is 11.2 Å². The fraction of sp³-hybridized carbons (Fsp3) is 0.0769. The van der Waals surface area contributed by atoms with Crippen molar-refractivity contribution in [2.45, 2.75) is 13.8 Å². The van der Waals surface area contributed by atoms with E-state index in [1.54, 1.807) is 0 Å². The lowest BCUT2D eigenvalue weighted by molar-refractivity contribution is 0.666. The molecule has 0 radical (unpaired) electrons. The van der Waals surface area contributed by atoms with Crippen molar-refractivity contribution >= 4 is 53.4 Å². The van der Waals surface area contributed by atoms with Crippen molar-refractivity contribution in [2.75, 3.05) is 0 Å². The number of hydrogen-bond donors (Lipinski definition) is 0. The van der Waals surface area contributed by atoms with Gasteiger partial charge < -0.3 is 4.42 Å². The maximum Gasteiger partial charge on any atom is 0.138 e. The van der Waals surface area contributed by atoms with Gasteiger partial charge in [0.2, 0.25) is 0 Å². The average Bonchev–Trinajstić information content (AvgIpc) is 3.28. The summed E-state index contributed by atoms with van der Waals surface area (Å²) in [5, 5.41) is 5.07. The topological polar surface area (TPSA) is 13.1 Å². The Hall–Kier alpha value is -3.10. The van der Waals surface area contributed by atoms with Gasteiger partial charge in [-0.3, -0.25) is 0 Å². The zero-order valence-corrected chi connectivity index (χ0v) is 16.6. The molecule has 1 nitrogen and oxygen atoms in total. The molecule has 0 unspecified atom stereocenters. The first-order valence-corrected chi connectivity index (χ1v) is 10.4. The van der Waals surface area contributed by atoms with Gasteiger partial charge in [-0.2, -0.15) is 0 Å². The third-order valence-electron chi connectivity index (χ3n) is 5.80. The lowest BCUT2D eigenvalue weighted by atomic mass is 9.97. The minimum Gasteiger partial charge on any atom is -0.456 e. The monoisotopic (exact) mass is 378 g/mol. The van der Waals surface area contributed by atoms with E-state index in [1.165, 1.54) is 53.2 Å². The second-order valence-electron chi connectivity index (χ2n) is 7.48. The van der Waals surface area contributed by atoms with Crippen LogP contribution in [0.2, 0.25) is 0 Å². The number of aryl methyl sites for hydroxylation is 2. The summed E-state index contributed by atoms with van der Waals surface area (Å²) in [7, 11) is 0. The number of hydrogen-bond acceptors (Lipinski definition) is 2. The number of thiophene rings is 1. The van der Waals surface area contributed by atoms with Crippen molar-refractivity contribution in [3.05, 3.63) is 83.9 Å². The second-order valence-corrected chi connectivity index (χ2v) is 8.53. The molecule has 2 heteroatoms. The number of fused-ring (bicyclic) bond motifs is 6. The highest BCUT2D eigenvalue weighted by molar-refractivity contribution is 7.26. The van der Waals surface area contributed by atoms with Crippen molar-refractivity contribution in [3.63, 3.8) is 0 Å². The maximum atomic E-state index is 6.22. The average molecular weight is 378 g/mol. The Kier molecular flexibility index (Phi) is 3.24. The fourth-order valence-corrected chi connectivity index (χ4v) is 5.55. The summed E-state index contributed by atoms with van der Waals surface area (Å²) >= 11 is 1.88. The molecular formula is C26H18OS. The molecule has 2 heterocycles. The molecule has 0 amide bonds. The molecule has 0 aliphatic rings. The van der Waals surface area contributed by atoms with Gasteiger partial charge in [0.05, 0.1) is 0 Å². The summed E-state index contributed by atoms with van der Waals surface area (Å²) in [5.74, 6) is 0. The first-order chi connectivity index (χ1) is 13.7. The zero-order chi connectivity index (χ0) is 18.8. The van der Waals surface area contributed by atoms with Gasteiger partial charge in [0.25, 0.3) is 0 Å². The van der Waals surface area contributed by atoms with Crippen LogP contribution in [0.15, 0.2) is 77.2 Å². The summed E-state index contributed by atoms with van der Waals surface area (Å²) in [5.41, 5.74) is 6.95. The van der Waals surface area contributed by atoms with Gasteiger partial charge in [0.15, 0.2) is 0 Å². The van der Waals surface area contributed by atoms with E-state index in [-0.39, 0.29) is 0 Å². The van der Waals surface area contributed by atoms with Crippen LogP contribution in [0.3, 0.4) is 0 Å². The van der Waals surface area contributed by atoms with E-state index in [9.17, 15) is 0 Å². The first kappa shape index (κ1) is 15.9. The van der Waals surface area contributed by atoms with Crippen LogP contribution in [0.1, 0.15) is 11.1 Å². The first-order valence-electron chi connectivity index (χ1n) is 9.54. The Balaban J connectivity index is 1.61. The number of furan rings is 1. The molecule has 4 aromatic carbocycles. The summed E-state index contributed by atoms with van der Waals surface area (Å²) < 4.78 is 8.95. The molecule has 0 bridgehead atoms. The van der Waals surface area contributed by atoms with Crippen molar-refractivity contribution in [2.24, 2.45) is 0 Å². The molecule has 0 fully saturated rings. The summed E-state index contributed by atoms with van der Waals surface area (Å²) in [6.07, 6.45) is 0. The molecule has 2 aromatic heterocycles. The van der Waals surface area contributed by atoms with E-state index in [4.69, 9.17) is 4.42 Å². The van der Waals surface area contributed by atoms with Crippen LogP contribution >= 0.6 is 11.3 Å². The van der Waals surface area contributed by atoms with Crippen molar-refractivity contribution < 1.29 is 4.42 Å². The van der Waals surface area contributed by atoms with Crippen molar-refractivity contribution in [1.82, 2.24) is 0 Å². The van der Waals surface area contributed by atoms with Crippen molar-refractivity contribution in [1.29, 1.82) is 0 Å². The lowest BCUT2D eigenvalue weighted by Gasteiger charge is -2.07. The zero-order valence-electron chi connectivity index (χ0n) is 15.7. The van der Waals surface area contributed by atoms with Crippen LogP contribution < -0.4 is 0 Å². The van der Waals surface area contributed by atoms with E-state index in [1.807, 2.05) is 11.3 Å². The molecular weight excluding hydrogens is 360 g/mol. The molecule has 134 valence electrons. The molecule has 0 saturated heterocycles. The van der Waals surface area contributed by atoms with Gasteiger partial charge in [-0.1, -0.05) is 54.6 Å². The molecule has 28 heavy (non-hydrogen) atoms. The van der Waals surface area contributed by atoms with E-state index in [0.29, 0.717) is 0 Å². The molecule has 6 aromatic rings. The molecule has 0 spiro atoms. The SMILES string of the molecule is Cc1cccc2c1oc1cc(-c3ccc4c(sc5ccccc54)c3C)ccc12. The van der Waals surface area contributed by atoms with Crippen LogP contribution in [-0.2, 0) is 0 Å². The Bertz CT molecular complexity index is 1530. The molecule has 0 aliphatic heterocycles. The molecule has 6 rings (SSSR count). The van der Waals surface area contributed by atoms with Gasteiger partial charge in [-0.25, -0.2) is 0 Å². The minimum absolute atomic E-state index is 0.956. The smallest absolute Gasteiger partial charge is 0.138 e. The number of benzene rings is 4. The van der Waals surface area contributed by atoms with Gasteiger partial charge in [0.1, 0.15) is 11.2 Å².